The van der Waals surface area contributed by atoms with Gasteiger partial charge in [0.1, 0.15) is 5.76 Å². The van der Waals surface area contributed by atoms with E-state index in [0.717, 1.165) is 15.9 Å². The van der Waals surface area contributed by atoms with Crippen molar-refractivity contribution in [2.75, 3.05) is 5.32 Å². The third-order valence-electron chi connectivity index (χ3n) is 2.27. The number of hydrogen-bond acceptors (Lipinski definition) is 4. The lowest BCUT2D eigenvalue weighted by Gasteiger charge is -2.13. The van der Waals surface area contributed by atoms with E-state index in [4.69, 9.17) is 9.15 Å². The molecule has 19 heavy (non-hydrogen) atoms. The van der Waals surface area contributed by atoms with Crippen LogP contribution < -0.4 is 10.1 Å². The molecule has 0 saturated heterocycles. The van der Waals surface area contributed by atoms with Crippen LogP contribution in [0.2, 0.25) is 0 Å². The summed E-state index contributed by atoms with van der Waals surface area (Å²) in [5, 5.41) is 3.25. The van der Waals surface area contributed by atoms with E-state index in [1.165, 1.54) is 0 Å². The van der Waals surface area contributed by atoms with E-state index >= 15 is 0 Å². The fraction of sp³-hybridized carbons (Fsp3) is 0.308. The largest absolute Gasteiger partial charge is 0.473 e. The topological polar surface area (TPSA) is 47.3 Å². The number of anilines is 1. The molecule has 0 aliphatic carbocycles. The van der Waals surface area contributed by atoms with Crippen LogP contribution in [-0.4, -0.2) is 11.1 Å². The molecule has 0 bridgehead atoms. The minimum Gasteiger partial charge on any atom is -0.473 e. The Labute approximate surface area is 128 Å². The Hall–Kier alpha value is -1.01. The van der Waals surface area contributed by atoms with Gasteiger partial charge in [-0.25, -0.2) is 4.98 Å². The van der Waals surface area contributed by atoms with Crippen molar-refractivity contribution in [2.24, 2.45) is 0 Å². The Bertz CT molecular complexity index is 536. The molecule has 0 unspecified atom stereocenters. The smallest absolute Gasteiger partial charge is 0.237 e. The Kier molecular flexibility index (Phi) is 4.87. The first-order chi connectivity index (χ1) is 9.06. The summed E-state index contributed by atoms with van der Waals surface area (Å²) in [4.78, 5) is 4.22. The zero-order chi connectivity index (χ0) is 13.8. The van der Waals surface area contributed by atoms with Crippen LogP contribution in [0, 0.1) is 0 Å². The molecule has 0 fully saturated rings. The zero-order valence-corrected chi connectivity index (χ0v) is 13.8. The van der Waals surface area contributed by atoms with Gasteiger partial charge in [0.15, 0.2) is 4.67 Å². The lowest BCUT2D eigenvalue weighted by molar-refractivity contribution is 0.234. The molecule has 2 heterocycles. The van der Waals surface area contributed by atoms with Gasteiger partial charge < -0.3 is 14.5 Å². The van der Waals surface area contributed by atoms with Crippen molar-refractivity contribution in [3.05, 3.63) is 39.3 Å². The van der Waals surface area contributed by atoms with Crippen molar-refractivity contribution in [2.45, 2.75) is 26.5 Å². The van der Waals surface area contributed by atoms with Gasteiger partial charge in [-0.15, -0.1) is 0 Å². The third kappa shape index (κ3) is 3.98. The highest BCUT2D eigenvalue weighted by Crippen LogP contribution is 2.28. The Morgan fingerprint density at radius 1 is 1.42 bits per heavy atom. The Morgan fingerprint density at radius 3 is 2.84 bits per heavy atom. The molecule has 0 spiro atoms. The third-order valence-corrected chi connectivity index (χ3v) is 3.98. The van der Waals surface area contributed by atoms with Gasteiger partial charge in [-0.1, -0.05) is 0 Å². The van der Waals surface area contributed by atoms with Crippen molar-refractivity contribution in [3.63, 3.8) is 0 Å². The van der Waals surface area contributed by atoms with E-state index in [0.29, 0.717) is 17.1 Å². The van der Waals surface area contributed by atoms with Gasteiger partial charge in [0.25, 0.3) is 0 Å². The van der Waals surface area contributed by atoms with Gasteiger partial charge in [0.05, 0.1) is 22.8 Å². The molecular formula is C13H14Br2N2O2. The molecule has 4 nitrogen and oxygen atoms in total. The van der Waals surface area contributed by atoms with Crippen molar-refractivity contribution in [1.29, 1.82) is 0 Å². The highest BCUT2D eigenvalue weighted by molar-refractivity contribution is 9.13. The highest BCUT2D eigenvalue weighted by atomic mass is 79.9. The number of rotatable bonds is 5. The summed E-state index contributed by atoms with van der Waals surface area (Å²) < 4.78 is 12.7. The minimum atomic E-state index is 0.0855. The monoisotopic (exact) mass is 388 g/mol. The number of furan rings is 1. The van der Waals surface area contributed by atoms with E-state index in [9.17, 15) is 0 Å². The van der Waals surface area contributed by atoms with E-state index in [2.05, 4.69) is 42.2 Å². The second-order valence-corrected chi connectivity index (χ2v) is 5.79. The maximum Gasteiger partial charge on any atom is 0.237 e. The van der Waals surface area contributed by atoms with E-state index < -0.39 is 0 Å². The summed E-state index contributed by atoms with van der Waals surface area (Å²) in [5.41, 5.74) is 0.847. The van der Waals surface area contributed by atoms with Crippen LogP contribution in [0.25, 0.3) is 0 Å². The van der Waals surface area contributed by atoms with Crippen molar-refractivity contribution >= 4 is 37.5 Å². The first-order valence-electron chi connectivity index (χ1n) is 5.85. The number of pyridine rings is 1. The van der Waals surface area contributed by atoms with Gasteiger partial charge >= 0.3 is 0 Å². The number of halogens is 2. The molecular weight excluding hydrogens is 376 g/mol. The lowest BCUT2D eigenvalue weighted by Crippen LogP contribution is -2.09. The predicted molar refractivity (Wildman–Crippen MR) is 81.4 cm³/mol. The molecule has 2 rings (SSSR count). The SMILES string of the molecule is CC(C)Oc1ncccc1NCc1cc(Br)c(Br)o1. The average Bonchev–Trinajstić information content (AvgIpc) is 2.67. The molecule has 0 saturated carbocycles. The molecule has 0 amide bonds. The molecule has 1 N–H and O–H groups in total. The van der Waals surface area contributed by atoms with Crippen LogP contribution in [0.5, 0.6) is 5.88 Å². The number of nitrogens with zero attached hydrogens (tertiary/aromatic N) is 1. The molecule has 2 aromatic heterocycles. The molecule has 2 aromatic rings. The molecule has 0 aliphatic heterocycles. The summed E-state index contributed by atoms with van der Waals surface area (Å²) in [7, 11) is 0. The Balaban J connectivity index is 2.06. The predicted octanol–water partition coefficient (Wildman–Crippen LogP) is 4.60. The normalized spacial score (nSPS) is 10.8. The van der Waals surface area contributed by atoms with Gasteiger partial charge in [-0.05, 0) is 63.9 Å². The summed E-state index contributed by atoms with van der Waals surface area (Å²) in [5.74, 6) is 1.42. The summed E-state index contributed by atoms with van der Waals surface area (Å²) in [6, 6.07) is 5.71. The second kappa shape index (κ2) is 6.43. The molecule has 6 heteroatoms. The number of hydrogen-bond donors (Lipinski definition) is 1. The van der Waals surface area contributed by atoms with E-state index in [-0.39, 0.29) is 6.10 Å². The van der Waals surface area contributed by atoms with Crippen LogP contribution in [0.3, 0.4) is 0 Å². The van der Waals surface area contributed by atoms with Crippen LogP contribution in [0.4, 0.5) is 5.69 Å². The molecule has 0 aliphatic rings. The summed E-state index contributed by atoms with van der Waals surface area (Å²) >= 11 is 6.70. The first-order valence-corrected chi connectivity index (χ1v) is 7.44. The number of aromatic nitrogens is 1. The van der Waals surface area contributed by atoms with E-state index in [1.54, 1.807) is 6.20 Å². The maximum absolute atomic E-state index is 5.64. The molecule has 0 atom stereocenters. The fourth-order valence-electron chi connectivity index (χ4n) is 1.50. The number of ether oxygens (including phenoxy) is 1. The van der Waals surface area contributed by atoms with Crippen molar-refractivity contribution in [3.8, 4) is 5.88 Å². The lowest BCUT2D eigenvalue weighted by atomic mass is 10.3. The van der Waals surface area contributed by atoms with Gasteiger partial charge in [0, 0.05) is 6.20 Å². The van der Waals surface area contributed by atoms with Crippen molar-refractivity contribution in [1.82, 2.24) is 4.98 Å². The van der Waals surface area contributed by atoms with Gasteiger partial charge in [0.2, 0.25) is 5.88 Å². The minimum absolute atomic E-state index is 0.0855. The summed E-state index contributed by atoms with van der Waals surface area (Å²) in [6.07, 6.45) is 1.80. The van der Waals surface area contributed by atoms with Crippen LogP contribution >= 0.6 is 31.9 Å². The van der Waals surface area contributed by atoms with E-state index in [1.807, 2.05) is 32.0 Å². The standard InChI is InChI=1S/C13H14Br2N2O2/c1-8(2)18-13-11(4-3-5-16-13)17-7-9-6-10(14)12(15)19-9/h3-6,8,17H,7H2,1-2H3. The quantitative estimate of drug-likeness (QED) is 0.811. The van der Waals surface area contributed by atoms with Gasteiger partial charge in [-0.3, -0.25) is 0 Å². The molecule has 102 valence electrons. The molecule has 0 aromatic carbocycles. The number of nitrogens with one attached hydrogen (secondary N) is 1. The van der Waals surface area contributed by atoms with Gasteiger partial charge in [-0.2, -0.15) is 0 Å². The molecule has 0 radical (unpaired) electrons. The highest BCUT2D eigenvalue weighted by Gasteiger charge is 2.09. The zero-order valence-electron chi connectivity index (χ0n) is 10.6. The van der Waals surface area contributed by atoms with Crippen LogP contribution in [0.1, 0.15) is 19.6 Å². The van der Waals surface area contributed by atoms with Crippen LogP contribution in [0.15, 0.2) is 38.0 Å². The Morgan fingerprint density at radius 2 is 2.21 bits per heavy atom. The maximum atomic E-state index is 5.64. The second-order valence-electron chi connectivity index (χ2n) is 4.21. The first kappa shape index (κ1) is 14.4. The average molecular weight is 390 g/mol. The summed E-state index contributed by atoms with van der Waals surface area (Å²) in [6.45, 7) is 4.50. The van der Waals surface area contributed by atoms with Crippen molar-refractivity contribution < 1.29 is 9.15 Å². The van der Waals surface area contributed by atoms with Crippen LogP contribution in [-0.2, 0) is 6.54 Å². The fourth-order valence-corrected chi connectivity index (χ4v) is 2.16.